The third-order valence-electron chi connectivity index (χ3n) is 2.34. The number of halogens is 1. The van der Waals surface area contributed by atoms with Gasteiger partial charge in [0.25, 0.3) is 0 Å². The number of nitrogens with one attached hydrogen (secondary N) is 1. The van der Waals surface area contributed by atoms with Gasteiger partial charge in [-0.15, -0.1) is 0 Å². The molecule has 1 atom stereocenters. The van der Waals surface area contributed by atoms with Crippen molar-refractivity contribution in [2.45, 2.75) is 19.5 Å². The van der Waals surface area contributed by atoms with Crippen LogP contribution in [-0.2, 0) is 0 Å². The first-order chi connectivity index (χ1) is 5.79. The number of rotatable bonds is 0. The lowest BCUT2D eigenvalue weighted by molar-refractivity contribution is 0.324. The second-order valence-corrected chi connectivity index (χ2v) is 3.22. The molecule has 64 valence electrons. The summed E-state index contributed by atoms with van der Waals surface area (Å²) in [5, 5.41) is 3.22. The van der Waals surface area contributed by atoms with E-state index in [-0.39, 0.29) is 0 Å². The molecule has 1 heterocycles. The maximum atomic E-state index is 13.3. The fraction of sp³-hybridized carbons (Fsp3) is 0.400. The van der Waals surface area contributed by atoms with Crippen molar-refractivity contribution < 1.29 is 4.39 Å². The van der Waals surface area contributed by atoms with Crippen LogP contribution >= 0.6 is 0 Å². The Bertz CT molecular complexity index is 296. The van der Waals surface area contributed by atoms with E-state index in [1.54, 1.807) is 0 Å². The van der Waals surface area contributed by atoms with Crippen molar-refractivity contribution in [3.63, 3.8) is 0 Å². The van der Waals surface area contributed by atoms with E-state index in [9.17, 15) is 4.39 Å². The van der Waals surface area contributed by atoms with Crippen molar-refractivity contribution in [1.29, 1.82) is 0 Å². The normalized spacial score (nSPS) is 21.3. The first-order valence-electron chi connectivity index (χ1n) is 4.26. The lowest BCUT2D eigenvalue weighted by Gasteiger charge is -2.22. The van der Waals surface area contributed by atoms with Crippen LogP contribution in [0.1, 0.15) is 23.7 Å². The highest BCUT2D eigenvalue weighted by Gasteiger charge is 2.19. The van der Waals surface area contributed by atoms with Crippen LogP contribution in [0.25, 0.3) is 0 Å². The molecular weight excluding hydrogens is 153 g/mol. The van der Waals surface area contributed by atoms with Crippen LogP contribution in [-0.4, -0.2) is 6.54 Å². The molecule has 0 saturated carbocycles. The van der Waals surface area contributed by atoms with Crippen LogP contribution < -0.4 is 5.32 Å². The van der Waals surface area contributed by atoms with Gasteiger partial charge in [0.2, 0.25) is 0 Å². The molecule has 1 nitrogen and oxygen atoms in total. The molecule has 0 aliphatic carbocycles. The van der Waals surface area contributed by atoms with Crippen molar-refractivity contribution in [3.8, 4) is 0 Å². The van der Waals surface area contributed by atoms with Crippen LogP contribution in [0.5, 0.6) is 0 Å². The molecule has 0 radical (unpaired) electrons. The second kappa shape index (κ2) is 2.77. The molecule has 0 bridgehead atoms. The Balaban J connectivity index is 2.52. The van der Waals surface area contributed by atoms with Crippen molar-refractivity contribution >= 4 is 5.69 Å². The lowest BCUT2D eigenvalue weighted by atomic mass is 9.99. The molecule has 1 aromatic rings. The number of alkyl halides is 1. The van der Waals surface area contributed by atoms with Crippen LogP contribution in [0.3, 0.4) is 0 Å². The number of hydrogen-bond acceptors (Lipinski definition) is 1. The Kier molecular flexibility index (Phi) is 1.75. The fourth-order valence-corrected chi connectivity index (χ4v) is 1.67. The van der Waals surface area contributed by atoms with Crippen LogP contribution in [0.4, 0.5) is 10.1 Å². The number of benzene rings is 1. The summed E-state index contributed by atoms with van der Waals surface area (Å²) in [6.07, 6.45) is -0.183. The minimum absolute atomic E-state index is 0.594. The summed E-state index contributed by atoms with van der Waals surface area (Å²) in [5.74, 6) is 0. The van der Waals surface area contributed by atoms with Gasteiger partial charge in [-0.1, -0.05) is 18.2 Å². The zero-order valence-electron chi connectivity index (χ0n) is 7.10. The predicted molar refractivity (Wildman–Crippen MR) is 48.1 cm³/mol. The Morgan fingerprint density at radius 3 is 3.08 bits per heavy atom. The third kappa shape index (κ3) is 1.07. The molecule has 1 unspecified atom stereocenters. The van der Waals surface area contributed by atoms with Crippen molar-refractivity contribution in [1.82, 2.24) is 0 Å². The van der Waals surface area contributed by atoms with E-state index in [1.807, 2.05) is 25.1 Å². The third-order valence-corrected chi connectivity index (χ3v) is 2.34. The number of fused-ring (bicyclic) bond motifs is 1. The zero-order valence-corrected chi connectivity index (χ0v) is 7.10. The number of para-hydroxylation sites is 1. The van der Waals surface area contributed by atoms with Gasteiger partial charge in [0.05, 0.1) is 0 Å². The monoisotopic (exact) mass is 165 g/mol. The maximum absolute atomic E-state index is 13.3. The van der Waals surface area contributed by atoms with Gasteiger partial charge in [-0.05, 0) is 12.5 Å². The van der Waals surface area contributed by atoms with Gasteiger partial charge >= 0.3 is 0 Å². The molecule has 1 aromatic carbocycles. The van der Waals surface area contributed by atoms with Crippen molar-refractivity contribution in [2.24, 2.45) is 0 Å². The van der Waals surface area contributed by atoms with Gasteiger partial charge in [-0.2, -0.15) is 0 Å². The standard InChI is InChI=1S/C10H12FN/c1-7-3-2-4-8-9(11)5-6-12-10(7)8/h2-4,9,12H,5-6H2,1H3. The van der Waals surface area contributed by atoms with Gasteiger partial charge in [-0.25, -0.2) is 4.39 Å². The highest BCUT2D eigenvalue weighted by atomic mass is 19.1. The van der Waals surface area contributed by atoms with E-state index < -0.39 is 6.17 Å². The molecule has 0 spiro atoms. The summed E-state index contributed by atoms with van der Waals surface area (Å²) >= 11 is 0. The van der Waals surface area contributed by atoms with Crippen LogP contribution in [0.2, 0.25) is 0 Å². The first kappa shape index (κ1) is 7.59. The number of aryl methyl sites for hydroxylation is 1. The van der Waals surface area contributed by atoms with Crippen LogP contribution in [0, 0.1) is 6.92 Å². The van der Waals surface area contributed by atoms with E-state index >= 15 is 0 Å². The Labute approximate surface area is 71.6 Å². The second-order valence-electron chi connectivity index (χ2n) is 3.22. The van der Waals surface area contributed by atoms with E-state index in [2.05, 4.69) is 5.32 Å². The molecule has 0 aromatic heterocycles. The number of anilines is 1. The predicted octanol–water partition coefficient (Wildman–Crippen LogP) is 2.82. The molecule has 1 N–H and O–H groups in total. The lowest BCUT2D eigenvalue weighted by Crippen LogP contribution is -2.15. The minimum Gasteiger partial charge on any atom is -0.384 e. The van der Waals surface area contributed by atoms with Crippen molar-refractivity contribution in [3.05, 3.63) is 29.3 Å². The Morgan fingerprint density at radius 2 is 2.33 bits per heavy atom. The maximum Gasteiger partial charge on any atom is 0.129 e. The van der Waals surface area contributed by atoms with E-state index in [0.29, 0.717) is 6.42 Å². The largest absolute Gasteiger partial charge is 0.384 e. The van der Waals surface area contributed by atoms with Gasteiger partial charge < -0.3 is 5.32 Å². The molecule has 1 aliphatic heterocycles. The number of hydrogen-bond donors (Lipinski definition) is 1. The van der Waals surface area contributed by atoms with Crippen LogP contribution in [0.15, 0.2) is 18.2 Å². The smallest absolute Gasteiger partial charge is 0.129 e. The molecule has 0 fully saturated rings. The highest BCUT2D eigenvalue weighted by molar-refractivity contribution is 5.59. The minimum atomic E-state index is -0.777. The molecule has 2 rings (SSSR count). The first-order valence-corrected chi connectivity index (χ1v) is 4.26. The van der Waals surface area contributed by atoms with E-state index in [1.165, 1.54) is 0 Å². The summed E-state index contributed by atoms with van der Waals surface area (Å²) in [6.45, 7) is 2.75. The van der Waals surface area contributed by atoms with E-state index in [4.69, 9.17) is 0 Å². The average molecular weight is 165 g/mol. The quantitative estimate of drug-likeness (QED) is 0.623. The Morgan fingerprint density at radius 1 is 1.50 bits per heavy atom. The SMILES string of the molecule is Cc1cccc2c1NCCC2F. The topological polar surface area (TPSA) is 12.0 Å². The van der Waals surface area contributed by atoms with Gasteiger partial charge in [0, 0.05) is 24.2 Å². The summed E-state index contributed by atoms with van der Waals surface area (Å²) in [6, 6.07) is 5.77. The molecule has 12 heavy (non-hydrogen) atoms. The molecule has 2 heteroatoms. The fourth-order valence-electron chi connectivity index (χ4n) is 1.67. The zero-order chi connectivity index (χ0) is 8.55. The summed E-state index contributed by atoms with van der Waals surface area (Å²) in [4.78, 5) is 0. The molecule has 0 saturated heterocycles. The summed E-state index contributed by atoms with van der Waals surface area (Å²) in [5.41, 5.74) is 2.95. The summed E-state index contributed by atoms with van der Waals surface area (Å²) < 4.78 is 13.3. The van der Waals surface area contributed by atoms with E-state index in [0.717, 1.165) is 23.4 Å². The average Bonchev–Trinajstić information content (AvgIpc) is 2.07. The Hall–Kier alpha value is -1.05. The van der Waals surface area contributed by atoms with Gasteiger partial charge in [-0.3, -0.25) is 0 Å². The molecule has 1 aliphatic rings. The summed E-state index contributed by atoms with van der Waals surface area (Å²) in [7, 11) is 0. The molecule has 0 amide bonds. The highest BCUT2D eigenvalue weighted by Crippen LogP contribution is 2.34. The molecular formula is C10H12FN. The van der Waals surface area contributed by atoms with Gasteiger partial charge in [0.15, 0.2) is 0 Å². The van der Waals surface area contributed by atoms with Gasteiger partial charge in [0.1, 0.15) is 6.17 Å². The van der Waals surface area contributed by atoms with Crippen molar-refractivity contribution in [2.75, 3.05) is 11.9 Å².